The van der Waals surface area contributed by atoms with E-state index in [2.05, 4.69) is 5.10 Å². The lowest BCUT2D eigenvalue weighted by atomic mass is 10.2. The van der Waals surface area contributed by atoms with Gasteiger partial charge in [0.15, 0.2) is 0 Å². The summed E-state index contributed by atoms with van der Waals surface area (Å²) < 4.78 is 14.6. The van der Waals surface area contributed by atoms with Gasteiger partial charge in [0, 0.05) is 18.6 Å². The summed E-state index contributed by atoms with van der Waals surface area (Å²) in [6, 6.07) is 13.0. The third kappa shape index (κ3) is 3.74. The highest BCUT2D eigenvalue weighted by Gasteiger charge is 2.24. The van der Waals surface area contributed by atoms with E-state index < -0.39 is 0 Å². The summed E-state index contributed by atoms with van der Waals surface area (Å²) in [6.45, 7) is 2.13. The molecule has 0 atom stereocenters. The van der Waals surface area contributed by atoms with Crippen LogP contribution in [0, 0.1) is 12.7 Å². The molecule has 1 heterocycles. The number of rotatable bonds is 4. The van der Waals surface area contributed by atoms with Crippen LogP contribution in [0.5, 0.6) is 0 Å². The van der Waals surface area contributed by atoms with Crippen molar-refractivity contribution in [2.45, 2.75) is 13.5 Å². The van der Waals surface area contributed by atoms with Crippen LogP contribution < -0.4 is 0 Å². The molecular weight excluding hydrogens is 376 g/mol. The van der Waals surface area contributed by atoms with E-state index in [1.165, 1.54) is 16.8 Å². The molecule has 3 rings (SSSR count). The van der Waals surface area contributed by atoms with Crippen LogP contribution >= 0.6 is 23.2 Å². The number of benzene rings is 2. The fourth-order valence-corrected chi connectivity index (χ4v) is 3.10. The first-order valence-corrected chi connectivity index (χ1v) is 8.63. The number of nitrogens with zero attached hydrogens (tertiary/aromatic N) is 3. The molecule has 0 radical (unpaired) electrons. The van der Waals surface area contributed by atoms with Crippen molar-refractivity contribution in [2.75, 3.05) is 7.05 Å². The summed E-state index contributed by atoms with van der Waals surface area (Å²) in [6.07, 6.45) is 0. The first-order chi connectivity index (χ1) is 12.4. The Labute approximate surface area is 160 Å². The van der Waals surface area contributed by atoms with E-state index in [0.29, 0.717) is 28.5 Å². The van der Waals surface area contributed by atoms with Crippen molar-refractivity contribution in [1.82, 2.24) is 14.7 Å². The van der Waals surface area contributed by atoms with Crippen LogP contribution in [0.15, 0.2) is 48.5 Å². The van der Waals surface area contributed by atoms with Gasteiger partial charge in [-0.3, -0.25) is 4.79 Å². The Morgan fingerprint density at radius 2 is 1.73 bits per heavy atom. The van der Waals surface area contributed by atoms with Gasteiger partial charge in [-0.15, -0.1) is 0 Å². The van der Waals surface area contributed by atoms with Gasteiger partial charge in [-0.1, -0.05) is 35.3 Å². The van der Waals surface area contributed by atoms with Gasteiger partial charge < -0.3 is 4.90 Å². The quantitative estimate of drug-likeness (QED) is 0.634. The highest BCUT2D eigenvalue weighted by molar-refractivity contribution is 6.33. The van der Waals surface area contributed by atoms with Crippen LogP contribution in [0.2, 0.25) is 10.2 Å². The molecule has 3 aromatic rings. The van der Waals surface area contributed by atoms with Crippen molar-refractivity contribution >= 4 is 29.1 Å². The number of carbonyl (C=O) groups excluding carboxylic acids is 1. The predicted octanol–water partition coefficient (Wildman–Crippen LogP) is 4.90. The minimum Gasteiger partial charge on any atom is -0.337 e. The summed E-state index contributed by atoms with van der Waals surface area (Å²) in [5, 5.41) is 5.17. The molecular formula is C19H16Cl2FN3O. The maximum Gasteiger partial charge on any atom is 0.258 e. The predicted molar refractivity (Wildman–Crippen MR) is 101 cm³/mol. The van der Waals surface area contributed by atoms with Gasteiger partial charge in [0.05, 0.1) is 16.9 Å². The van der Waals surface area contributed by atoms with Crippen LogP contribution in [0.1, 0.15) is 21.6 Å². The minimum absolute atomic E-state index is 0.196. The van der Waals surface area contributed by atoms with Gasteiger partial charge in [0.25, 0.3) is 5.91 Å². The molecule has 26 heavy (non-hydrogen) atoms. The number of aryl methyl sites for hydroxylation is 1. The number of hydrogen-bond acceptors (Lipinski definition) is 2. The zero-order chi connectivity index (χ0) is 18.8. The molecule has 134 valence electrons. The fraction of sp³-hybridized carbons (Fsp3) is 0.158. The molecule has 0 unspecified atom stereocenters. The Morgan fingerprint density at radius 1 is 1.12 bits per heavy atom. The Morgan fingerprint density at radius 3 is 2.35 bits per heavy atom. The molecule has 0 fully saturated rings. The van der Waals surface area contributed by atoms with Gasteiger partial charge in [-0.25, -0.2) is 9.07 Å². The summed E-state index contributed by atoms with van der Waals surface area (Å²) in [7, 11) is 1.70. The topological polar surface area (TPSA) is 38.1 Å². The third-order valence-electron chi connectivity index (χ3n) is 3.97. The summed E-state index contributed by atoms with van der Waals surface area (Å²) in [4.78, 5) is 14.4. The van der Waals surface area contributed by atoms with Crippen molar-refractivity contribution in [1.29, 1.82) is 0 Å². The molecule has 1 amide bonds. The number of carbonyl (C=O) groups is 1. The standard InChI is InChI=1S/C19H16Cl2FN3O/c1-12-17(18(21)25(23-12)16-9-7-15(22)8-10-16)19(26)24(2)11-13-3-5-14(20)6-4-13/h3-10H,11H2,1-2H3. The molecule has 0 saturated heterocycles. The normalized spacial score (nSPS) is 10.8. The highest BCUT2D eigenvalue weighted by Crippen LogP contribution is 2.25. The van der Waals surface area contributed by atoms with Crippen molar-refractivity contribution in [3.8, 4) is 5.69 Å². The molecule has 7 heteroatoms. The van der Waals surface area contributed by atoms with E-state index in [4.69, 9.17) is 23.2 Å². The summed E-state index contributed by atoms with van der Waals surface area (Å²) in [5.41, 5.74) is 2.36. The second-order valence-corrected chi connectivity index (χ2v) is 6.72. The molecule has 0 spiro atoms. The van der Waals surface area contributed by atoms with E-state index in [1.54, 1.807) is 43.1 Å². The molecule has 0 aliphatic rings. The van der Waals surface area contributed by atoms with E-state index in [-0.39, 0.29) is 16.9 Å². The molecule has 0 aliphatic heterocycles. The number of aromatic nitrogens is 2. The summed E-state index contributed by atoms with van der Waals surface area (Å²) in [5.74, 6) is -0.594. The second kappa shape index (κ2) is 7.48. The SMILES string of the molecule is Cc1nn(-c2ccc(F)cc2)c(Cl)c1C(=O)N(C)Cc1ccc(Cl)cc1. The second-order valence-electron chi connectivity index (χ2n) is 5.93. The average molecular weight is 392 g/mol. The molecule has 1 aromatic heterocycles. The third-order valence-corrected chi connectivity index (χ3v) is 4.57. The smallest absolute Gasteiger partial charge is 0.258 e. The Hall–Kier alpha value is -2.37. The van der Waals surface area contributed by atoms with Gasteiger partial charge in [-0.2, -0.15) is 5.10 Å². The fourth-order valence-electron chi connectivity index (χ4n) is 2.62. The van der Waals surface area contributed by atoms with Crippen molar-refractivity contribution in [2.24, 2.45) is 0 Å². The van der Waals surface area contributed by atoms with Crippen LogP contribution in [0.4, 0.5) is 4.39 Å². The van der Waals surface area contributed by atoms with Crippen molar-refractivity contribution in [3.63, 3.8) is 0 Å². The van der Waals surface area contributed by atoms with Gasteiger partial charge in [0.1, 0.15) is 11.0 Å². The lowest BCUT2D eigenvalue weighted by molar-refractivity contribution is 0.0784. The molecule has 0 aliphatic carbocycles. The number of amides is 1. The number of hydrogen-bond donors (Lipinski definition) is 0. The van der Waals surface area contributed by atoms with Crippen molar-refractivity contribution in [3.05, 3.63) is 81.3 Å². The molecule has 2 aromatic carbocycles. The zero-order valence-corrected chi connectivity index (χ0v) is 15.7. The Balaban J connectivity index is 1.87. The van der Waals surface area contributed by atoms with E-state index >= 15 is 0 Å². The average Bonchev–Trinajstić information content (AvgIpc) is 2.91. The van der Waals surface area contributed by atoms with Crippen LogP contribution in [-0.4, -0.2) is 27.6 Å². The highest BCUT2D eigenvalue weighted by atomic mass is 35.5. The molecule has 0 bridgehead atoms. The number of halogens is 3. The van der Waals surface area contributed by atoms with E-state index in [0.717, 1.165) is 5.56 Å². The van der Waals surface area contributed by atoms with Gasteiger partial charge >= 0.3 is 0 Å². The maximum absolute atomic E-state index is 13.1. The maximum atomic E-state index is 13.1. The lowest BCUT2D eigenvalue weighted by Crippen LogP contribution is -2.26. The van der Waals surface area contributed by atoms with Crippen LogP contribution in [0.3, 0.4) is 0 Å². The van der Waals surface area contributed by atoms with E-state index in [9.17, 15) is 9.18 Å². The first kappa shape index (κ1) is 18.4. The monoisotopic (exact) mass is 391 g/mol. The van der Waals surface area contributed by atoms with Crippen LogP contribution in [-0.2, 0) is 6.54 Å². The first-order valence-electron chi connectivity index (χ1n) is 7.88. The molecule has 0 saturated carbocycles. The minimum atomic E-state index is -0.354. The molecule has 0 N–H and O–H groups in total. The molecule has 4 nitrogen and oxygen atoms in total. The van der Waals surface area contributed by atoms with E-state index in [1.807, 2.05) is 12.1 Å². The lowest BCUT2D eigenvalue weighted by Gasteiger charge is -2.17. The zero-order valence-electron chi connectivity index (χ0n) is 14.2. The summed E-state index contributed by atoms with van der Waals surface area (Å²) >= 11 is 12.3. The van der Waals surface area contributed by atoms with Gasteiger partial charge in [-0.05, 0) is 48.9 Å². The van der Waals surface area contributed by atoms with Crippen molar-refractivity contribution < 1.29 is 9.18 Å². The van der Waals surface area contributed by atoms with Gasteiger partial charge in [0.2, 0.25) is 0 Å². The Kier molecular flexibility index (Phi) is 5.30. The largest absolute Gasteiger partial charge is 0.337 e. The van der Waals surface area contributed by atoms with Crippen LogP contribution in [0.25, 0.3) is 5.69 Å². The Bertz CT molecular complexity index is 937.